The summed E-state index contributed by atoms with van der Waals surface area (Å²) in [5, 5.41) is 8.87. The first kappa shape index (κ1) is 12.8. The Morgan fingerprint density at radius 3 is 2.56 bits per heavy atom. The molecule has 0 unspecified atom stereocenters. The van der Waals surface area contributed by atoms with Crippen molar-refractivity contribution >= 4 is 17.4 Å². The second-order valence-electron chi connectivity index (χ2n) is 4.70. The van der Waals surface area contributed by atoms with Gasteiger partial charge in [0.15, 0.2) is 0 Å². The lowest BCUT2D eigenvalue weighted by molar-refractivity contribution is -0.136. The predicted molar refractivity (Wildman–Crippen MR) is 68.7 cm³/mol. The van der Waals surface area contributed by atoms with Crippen LogP contribution in [0.1, 0.15) is 23.1 Å². The molecule has 2 rings (SSSR count). The maximum atomic E-state index is 11.9. The van der Waals surface area contributed by atoms with E-state index in [2.05, 4.69) is 0 Å². The van der Waals surface area contributed by atoms with E-state index in [1.54, 1.807) is 0 Å². The SMILES string of the molecule is Cc1cc2c(cc1C)N(CCCO)C(=O)C(=O)C2. The van der Waals surface area contributed by atoms with Gasteiger partial charge in [0, 0.05) is 25.3 Å². The maximum Gasteiger partial charge on any atom is 0.294 e. The molecule has 4 nitrogen and oxygen atoms in total. The van der Waals surface area contributed by atoms with E-state index in [-0.39, 0.29) is 18.8 Å². The third kappa shape index (κ3) is 2.16. The number of carbonyl (C=O) groups excluding carboxylic acids is 2. The molecule has 96 valence electrons. The summed E-state index contributed by atoms with van der Waals surface area (Å²) in [6.07, 6.45) is 0.663. The number of carbonyl (C=O) groups is 2. The highest BCUT2D eigenvalue weighted by Crippen LogP contribution is 2.29. The molecule has 1 aliphatic heterocycles. The van der Waals surface area contributed by atoms with Gasteiger partial charge in [-0.1, -0.05) is 6.07 Å². The fourth-order valence-electron chi connectivity index (χ4n) is 2.21. The van der Waals surface area contributed by atoms with Crippen molar-refractivity contribution in [3.63, 3.8) is 0 Å². The van der Waals surface area contributed by atoms with Crippen LogP contribution in [0, 0.1) is 13.8 Å². The molecule has 0 aromatic heterocycles. The zero-order chi connectivity index (χ0) is 13.3. The summed E-state index contributed by atoms with van der Waals surface area (Å²) in [5.74, 6) is -0.831. The molecule has 1 aromatic carbocycles. The zero-order valence-corrected chi connectivity index (χ0v) is 10.7. The Morgan fingerprint density at radius 1 is 1.22 bits per heavy atom. The van der Waals surface area contributed by atoms with Crippen molar-refractivity contribution in [1.29, 1.82) is 0 Å². The van der Waals surface area contributed by atoms with Gasteiger partial charge in [-0.3, -0.25) is 9.59 Å². The van der Waals surface area contributed by atoms with Gasteiger partial charge in [0.2, 0.25) is 5.78 Å². The Bertz CT molecular complexity index is 508. The highest BCUT2D eigenvalue weighted by Gasteiger charge is 2.30. The van der Waals surface area contributed by atoms with Gasteiger partial charge in [0.05, 0.1) is 0 Å². The fourth-order valence-corrected chi connectivity index (χ4v) is 2.21. The molecule has 1 amide bonds. The van der Waals surface area contributed by atoms with Crippen molar-refractivity contribution in [2.45, 2.75) is 26.7 Å². The Kier molecular flexibility index (Phi) is 3.48. The summed E-state index contributed by atoms with van der Waals surface area (Å²) in [7, 11) is 0. The third-order valence-electron chi connectivity index (χ3n) is 3.36. The van der Waals surface area contributed by atoms with Gasteiger partial charge in [-0.05, 0) is 43.0 Å². The molecule has 0 saturated carbocycles. The van der Waals surface area contributed by atoms with Gasteiger partial charge in [-0.2, -0.15) is 0 Å². The molecule has 0 spiro atoms. The first-order chi connectivity index (χ1) is 8.54. The molecule has 1 heterocycles. The second kappa shape index (κ2) is 4.90. The van der Waals surface area contributed by atoms with E-state index in [9.17, 15) is 9.59 Å². The normalized spacial score (nSPS) is 14.9. The van der Waals surface area contributed by atoms with Crippen molar-refractivity contribution in [2.75, 3.05) is 18.1 Å². The average Bonchev–Trinajstić information content (AvgIpc) is 2.33. The lowest BCUT2D eigenvalue weighted by Crippen LogP contribution is -2.42. The quantitative estimate of drug-likeness (QED) is 0.815. The molecule has 0 bridgehead atoms. The number of hydrogen-bond donors (Lipinski definition) is 1. The molecule has 1 aromatic rings. The van der Waals surface area contributed by atoms with Crippen molar-refractivity contribution in [3.8, 4) is 0 Å². The van der Waals surface area contributed by atoms with Crippen LogP contribution in [0.5, 0.6) is 0 Å². The molecule has 1 N–H and O–H groups in total. The predicted octanol–water partition coefficient (Wildman–Crippen LogP) is 1.14. The minimum Gasteiger partial charge on any atom is -0.396 e. The molecular formula is C14H17NO3. The monoisotopic (exact) mass is 247 g/mol. The maximum absolute atomic E-state index is 11.9. The van der Waals surface area contributed by atoms with Gasteiger partial charge in [0.25, 0.3) is 5.91 Å². The van der Waals surface area contributed by atoms with Crippen LogP contribution in [0.15, 0.2) is 12.1 Å². The van der Waals surface area contributed by atoms with Crippen LogP contribution >= 0.6 is 0 Å². The summed E-state index contributed by atoms with van der Waals surface area (Å²) in [6.45, 7) is 4.38. The van der Waals surface area contributed by atoms with E-state index in [4.69, 9.17) is 5.11 Å². The van der Waals surface area contributed by atoms with Crippen molar-refractivity contribution in [1.82, 2.24) is 0 Å². The van der Waals surface area contributed by atoms with Gasteiger partial charge >= 0.3 is 0 Å². The largest absolute Gasteiger partial charge is 0.396 e. The second-order valence-corrected chi connectivity index (χ2v) is 4.70. The number of anilines is 1. The fraction of sp³-hybridized carbons (Fsp3) is 0.429. The number of nitrogens with zero attached hydrogens (tertiary/aromatic N) is 1. The average molecular weight is 247 g/mol. The standard InChI is InChI=1S/C14H17NO3/c1-9-6-11-8-13(17)14(18)15(4-3-5-16)12(11)7-10(9)2/h6-7,16H,3-5,8H2,1-2H3. The number of aryl methyl sites for hydroxylation is 2. The molecule has 4 heteroatoms. The summed E-state index contributed by atoms with van der Waals surface area (Å²) in [4.78, 5) is 25.0. The zero-order valence-electron chi connectivity index (χ0n) is 10.7. The summed E-state index contributed by atoms with van der Waals surface area (Å²) in [5.41, 5.74) is 3.94. The molecule has 0 aliphatic carbocycles. The number of benzene rings is 1. The molecule has 1 aliphatic rings. The first-order valence-electron chi connectivity index (χ1n) is 6.10. The Hall–Kier alpha value is -1.68. The first-order valence-corrected chi connectivity index (χ1v) is 6.10. The van der Waals surface area contributed by atoms with Crippen molar-refractivity contribution in [3.05, 3.63) is 28.8 Å². The number of amides is 1. The molecule has 18 heavy (non-hydrogen) atoms. The van der Waals surface area contributed by atoms with Gasteiger partial charge in [-0.15, -0.1) is 0 Å². The van der Waals surface area contributed by atoms with E-state index in [0.29, 0.717) is 13.0 Å². The number of rotatable bonds is 3. The van der Waals surface area contributed by atoms with E-state index in [1.165, 1.54) is 4.90 Å². The highest BCUT2D eigenvalue weighted by molar-refractivity contribution is 6.43. The van der Waals surface area contributed by atoms with Gasteiger partial charge < -0.3 is 10.0 Å². The Morgan fingerprint density at radius 2 is 1.89 bits per heavy atom. The number of ketones is 1. The number of fused-ring (bicyclic) bond motifs is 1. The van der Waals surface area contributed by atoms with Gasteiger partial charge in [0.1, 0.15) is 0 Å². The molecule has 0 fully saturated rings. The lowest BCUT2D eigenvalue weighted by Gasteiger charge is -2.29. The third-order valence-corrected chi connectivity index (χ3v) is 3.36. The van der Waals surface area contributed by atoms with Crippen LogP contribution < -0.4 is 4.90 Å². The van der Waals surface area contributed by atoms with E-state index >= 15 is 0 Å². The Balaban J connectivity index is 2.45. The number of hydrogen-bond acceptors (Lipinski definition) is 3. The minimum absolute atomic E-state index is 0.0121. The van der Waals surface area contributed by atoms with E-state index in [0.717, 1.165) is 22.4 Å². The van der Waals surface area contributed by atoms with E-state index in [1.807, 2.05) is 26.0 Å². The smallest absolute Gasteiger partial charge is 0.294 e. The molecule has 0 radical (unpaired) electrons. The minimum atomic E-state index is -0.459. The highest BCUT2D eigenvalue weighted by atomic mass is 16.3. The number of aliphatic hydroxyl groups is 1. The van der Waals surface area contributed by atoms with Crippen LogP contribution in [0.4, 0.5) is 5.69 Å². The summed E-state index contributed by atoms with van der Waals surface area (Å²) in [6, 6.07) is 3.92. The lowest BCUT2D eigenvalue weighted by atomic mass is 9.95. The van der Waals surface area contributed by atoms with Crippen molar-refractivity contribution in [2.24, 2.45) is 0 Å². The Labute approximate surface area is 106 Å². The summed E-state index contributed by atoms with van der Waals surface area (Å²) < 4.78 is 0. The van der Waals surface area contributed by atoms with Crippen molar-refractivity contribution < 1.29 is 14.7 Å². The van der Waals surface area contributed by atoms with Crippen LogP contribution in [0.3, 0.4) is 0 Å². The summed E-state index contributed by atoms with van der Waals surface area (Å²) >= 11 is 0. The van der Waals surface area contributed by atoms with Crippen LogP contribution in [0.25, 0.3) is 0 Å². The molecule has 0 atom stereocenters. The van der Waals surface area contributed by atoms with Crippen LogP contribution in [-0.2, 0) is 16.0 Å². The number of Topliss-reactive ketones (excluding diaryl/α,β-unsaturated/α-hetero) is 1. The molecule has 0 saturated heterocycles. The topological polar surface area (TPSA) is 57.6 Å². The van der Waals surface area contributed by atoms with Crippen LogP contribution in [0.2, 0.25) is 0 Å². The van der Waals surface area contributed by atoms with Crippen LogP contribution in [-0.4, -0.2) is 29.9 Å². The van der Waals surface area contributed by atoms with E-state index < -0.39 is 5.91 Å². The van der Waals surface area contributed by atoms with Gasteiger partial charge in [-0.25, -0.2) is 0 Å². The number of aliphatic hydroxyl groups excluding tert-OH is 1. The molecular weight excluding hydrogens is 230 g/mol.